The second kappa shape index (κ2) is 7.70. The van der Waals surface area contributed by atoms with Crippen LogP contribution in [0.2, 0.25) is 0 Å². The molecule has 0 aliphatic heterocycles. The zero-order valence-corrected chi connectivity index (χ0v) is 16.0. The Hall–Kier alpha value is -2.67. The Morgan fingerprint density at radius 2 is 2.08 bits per heavy atom. The van der Waals surface area contributed by atoms with Crippen LogP contribution in [-0.2, 0) is 11.3 Å². The van der Waals surface area contributed by atoms with E-state index in [0.717, 1.165) is 10.0 Å². The molecule has 2 aromatic carbocycles. The van der Waals surface area contributed by atoms with Crippen LogP contribution >= 0.6 is 15.9 Å². The molecule has 0 fully saturated rings. The van der Waals surface area contributed by atoms with Gasteiger partial charge in [-0.05, 0) is 31.2 Å². The lowest BCUT2D eigenvalue weighted by Gasteiger charge is -2.17. The second-order valence-electron chi connectivity index (χ2n) is 5.87. The first-order chi connectivity index (χ1) is 12.5. The smallest absolute Gasteiger partial charge is 0.261 e. The lowest BCUT2D eigenvalue weighted by Crippen LogP contribution is -2.34. The molecule has 0 aliphatic carbocycles. The molecule has 1 atom stereocenters. The molecule has 3 aromatic rings. The van der Waals surface area contributed by atoms with Gasteiger partial charge in [-0.3, -0.25) is 14.2 Å². The third kappa shape index (κ3) is 3.77. The summed E-state index contributed by atoms with van der Waals surface area (Å²) in [5.74, 6) is 0.430. The largest absolute Gasteiger partial charge is 0.496 e. The van der Waals surface area contributed by atoms with E-state index in [9.17, 15) is 9.59 Å². The molecule has 0 spiro atoms. The topological polar surface area (TPSA) is 73.2 Å². The number of halogens is 1. The summed E-state index contributed by atoms with van der Waals surface area (Å²) in [7, 11) is 1.59. The maximum absolute atomic E-state index is 12.5. The molecule has 0 saturated carbocycles. The van der Waals surface area contributed by atoms with Crippen molar-refractivity contribution in [1.82, 2.24) is 14.9 Å². The van der Waals surface area contributed by atoms with Crippen LogP contribution in [-0.4, -0.2) is 22.6 Å². The number of rotatable bonds is 5. The van der Waals surface area contributed by atoms with Crippen molar-refractivity contribution in [2.75, 3.05) is 7.11 Å². The van der Waals surface area contributed by atoms with E-state index in [-0.39, 0.29) is 24.1 Å². The van der Waals surface area contributed by atoms with Crippen LogP contribution in [0, 0.1) is 0 Å². The average molecular weight is 416 g/mol. The van der Waals surface area contributed by atoms with Crippen LogP contribution in [0.15, 0.2) is 58.1 Å². The molecule has 3 rings (SSSR count). The van der Waals surface area contributed by atoms with E-state index < -0.39 is 0 Å². The van der Waals surface area contributed by atoms with E-state index >= 15 is 0 Å². The van der Waals surface area contributed by atoms with Crippen molar-refractivity contribution in [2.45, 2.75) is 19.5 Å². The molecule has 6 nitrogen and oxygen atoms in total. The molecular formula is C19H18BrN3O3. The van der Waals surface area contributed by atoms with Crippen molar-refractivity contribution in [3.63, 3.8) is 0 Å². The van der Waals surface area contributed by atoms with Gasteiger partial charge in [0.1, 0.15) is 12.3 Å². The number of amides is 1. The summed E-state index contributed by atoms with van der Waals surface area (Å²) in [6.45, 7) is 1.77. The summed E-state index contributed by atoms with van der Waals surface area (Å²) in [5, 5.41) is 3.36. The number of aromatic nitrogens is 2. The quantitative estimate of drug-likeness (QED) is 0.694. The molecular weight excluding hydrogens is 398 g/mol. The standard InChI is InChI=1S/C19H18BrN3O3/c1-12(14-5-3-4-6-17(14)26-2)22-18(24)10-23-11-21-16-9-13(20)7-8-15(16)19(23)25/h3-9,11-12H,10H2,1-2H3,(H,22,24)/t12-/m1/s1. The Kier molecular flexibility index (Phi) is 5.37. The highest BCUT2D eigenvalue weighted by molar-refractivity contribution is 9.10. The number of nitrogens with one attached hydrogen (secondary N) is 1. The highest BCUT2D eigenvalue weighted by atomic mass is 79.9. The highest BCUT2D eigenvalue weighted by Crippen LogP contribution is 2.24. The van der Waals surface area contributed by atoms with E-state index in [1.807, 2.05) is 31.2 Å². The molecule has 0 saturated heterocycles. The molecule has 1 aromatic heterocycles. The lowest BCUT2D eigenvalue weighted by atomic mass is 10.1. The van der Waals surface area contributed by atoms with Crippen molar-refractivity contribution in [1.29, 1.82) is 0 Å². The van der Waals surface area contributed by atoms with E-state index in [2.05, 4.69) is 26.2 Å². The molecule has 0 aliphatic rings. The Labute approximate surface area is 158 Å². The third-order valence-corrected chi connectivity index (χ3v) is 4.58. The number of hydrogen-bond donors (Lipinski definition) is 1. The summed E-state index contributed by atoms with van der Waals surface area (Å²) < 4.78 is 7.47. The van der Waals surface area contributed by atoms with Crippen molar-refractivity contribution < 1.29 is 9.53 Å². The van der Waals surface area contributed by atoms with Crippen molar-refractivity contribution in [3.8, 4) is 5.75 Å². The summed E-state index contributed by atoms with van der Waals surface area (Å²) in [6.07, 6.45) is 1.39. The van der Waals surface area contributed by atoms with Crippen LogP contribution in [0.4, 0.5) is 0 Å². The van der Waals surface area contributed by atoms with Crippen LogP contribution in [0.5, 0.6) is 5.75 Å². The maximum atomic E-state index is 12.5. The van der Waals surface area contributed by atoms with E-state index in [4.69, 9.17) is 4.74 Å². The highest BCUT2D eigenvalue weighted by Gasteiger charge is 2.15. The third-order valence-electron chi connectivity index (χ3n) is 4.08. The predicted molar refractivity (Wildman–Crippen MR) is 103 cm³/mol. The second-order valence-corrected chi connectivity index (χ2v) is 6.79. The minimum absolute atomic E-state index is 0.0999. The molecule has 134 valence electrons. The Morgan fingerprint density at radius 3 is 2.85 bits per heavy atom. The van der Waals surface area contributed by atoms with Crippen molar-refractivity contribution in [2.24, 2.45) is 0 Å². The summed E-state index contributed by atoms with van der Waals surface area (Å²) >= 11 is 3.35. The minimum atomic E-state index is -0.274. The van der Waals surface area contributed by atoms with Gasteiger partial charge in [-0.25, -0.2) is 4.98 Å². The summed E-state index contributed by atoms with van der Waals surface area (Å²) in [4.78, 5) is 29.2. The number of carbonyl (C=O) groups is 1. The zero-order chi connectivity index (χ0) is 18.7. The molecule has 0 bridgehead atoms. The molecule has 7 heteroatoms. The van der Waals surface area contributed by atoms with Gasteiger partial charge in [0.15, 0.2) is 0 Å². The van der Waals surface area contributed by atoms with Gasteiger partial charge in [-0.15, -0.1) is 0 Å². The van der Waals surface area contributed by atoms with Gasteiger partial charge in [-0.1, -0.05) is 34.1 Å². The number of methoxy groups -OCH3 is 1. The average Bonchev–Trinajstić information content (AvgIpc) is 2.63. The lowest BCUT2D eigenvalue weighted by molar-refractivity contribution is -0.122. The number of nitrogens with zero attached hydrogens (tertiary/aromatic N) is 2. The van der Waals surface area contributed by atoms with E-state index in [1.54, 1.807) is 25.3 Å². The molecule has 0 unspecified atom stereocenters. The van der Waals surface area contributed by atoms with Crippen molar-refractivity contribution >= 4 is 32.7 Å². The first-order valence-corrected chi connectivity index (χ1v) is 8.86. The van der Waals surface area contributed by atoms with Crippen LogP contribution < -0.4 is 15.6 Å². The van der Waals surface area contributed by atoms with E-state index in [0.29, 0.717) is 16.7 Å². The molecule has 1 amide bonds. The predicted octanol–water partition coefficient (Wildman–Crippen LogP) is 3.05. The number of benzene rings is 2. The van der Waals surface area contributed by atoms with Crippen LogP contribution in [0.1, 0.15) is 18.5 Å². The van der Waals surface area contributed by atoms with Gasteiger partial charge in [-0.2, -0.15) is 0 Å². The van der Waals surface area contributed by atoms with E-state index in [1.165, 1.54) is 10.9 Å². The fourth-order valence-electron chi connectivity index (χ4n) is 2.79. The normalized spacial score (nSPS) is 12.0. The monoisotopic (exact) mass is 415 g/mol. The summed E-state index contributed by atoms with van der Waals surface area (Å²) in [6, 6.07) is 12.5. The first-order valence-electron chi connectivity index (χ1n) is 8.06. The molecule has 1 N–H and O–H groups in total. The Bertz CT molecular complexity index is 1020. The van der Waals surface area contributed by atoms with Gasteiger partial charge in [0, 0.05) is 10.0 Å². The van der Waals surface area contributed by atoms with Gasteiger partial charge in [0.05, 0.1) is 30.4 Å². The number of fused-ring (bicyclic) bond motifs is 1. The Morgan fingerprint density at radius 1 is 1.31 bits per heavy atom. The fraction of sp³-hybridized carbons (Fsp3) is 0.211. The van der Waals surface area contributed by atoms with Gasteiger partial charge in [0.2, 0.25) is 5.91 Å². The Balaban J connectivity index is 1.78. The van der Waals surface area contributed by atoms with Gasteiger partial charge >= 0.3 is 0 Å². The molecule has 1 heterocycles. The number of carbonyl (C=O) groups excluding carboxylic acids is 1. The summed E-state index contributed by atoms with van der Waals surface area (Å²) in [5.41, 5.74) is 1.21. The zero-order valence-electron chi connectivity index (χ0n) is 14.4. The number of hydrogen-bond acceptors (Lipinski definition) is 4. The van der Waals surface area contributed by atoms with Crippen molar-refractivity contribution in [3.05, 3.63) is 69.2 Å². The van der Waals surface area contributed by atoms with Gasteiger partial charge in [0.25, 0.3) is 5.56 Å². The van der Waals surface area contributed by atoms with Crippen LogP contribution in [0.3, 0.4) is 0 Å². The maximum Gasteiger partial charge on any atom is 0.261 e. The molecule has 26 heavy (non-hydrogen) atoms. The fourth-order valence-corrected chi connectivity index (χ4v) is 3.14. The number of para-hydroxylation sites is 1. The molecule has 0 radical (unpaired) electrons. The minimum Gasteiger partial charge on any atom is -0.496 e. The van der Waals surface area contributed by atoms with Gasteiger partial charge < -0.3 is 10.1 Å². The van der Waals surface area contributed by atoms with Crippen LogP contribution in [0.25, 0.3) is 10.9 Å². The number of ether oxygens (including phenoxy) is 1. The SMILES string of the molecule is COc1ccccc1[C@@H](C)NC(=O)Cn1cnc2cc(Br)ccc2c1=O. The first kappa shape index (κ1) is 18.1.